The summed E-state index contributed by atoms with van der Waals surface area (Å²) in [7, 11) is 0. The molecule has 23 heavy (non-hydrogen) atoms. The van der Waals surface area contributed by atoms with Crippen molar-refractivity contribution in [3.8, 4) is 0 Å². The van der Waals surface area contributed by atoms with Gasteiger partial charge in [-0.15, -0.1) is 0 Å². The first kappa shape index (κ1) is 13.8. The normalized spacial score (nSPS) is 11.0. The molecule has 0 N–H and O–H groups in total. The Kier molecular flexibility index (Phi) is 3.69. The number of hydrogen-bond donors (Lipinski definition) is 0. The van der Waals surface area contributed by atoms with E-state index in [2.05, 4.69) is 78.9 Å². The number of hydrogen-bond acceptors (Lipinski definition) is 1. The number of furan rings is 1. The Hall–Kier alpha value is -2.80. The molecule has 1 heterocycles. The van der Waals surface area contributed by atoms with Crippen molar-refractivity contribution >= 4 is 10.8 Å². The topological polar surface area (TPSA) is 13.1 Å². The van der Waals surface area contributed by atoms with Gasteiger partial charge in [-0.2, -0.15) is 0 Å². The molecule has 0 unspecified atom stereocenters. The molecule has 0 fully saturated rings. The minimum absolute atomic E-state index is 0.830. The highest BCUT2D eigenvalue weighted by Crippen LogP contribution is 2.24. The van der Waals surface area contributed by atoms with Crippen LogP contribution in [0.25, 0.3) is 10.8 Å². The second kappa shape index (κ2) is 6.13. The molecule has 4 aromatic rings. The van der Waals surface area contributed by atoms with Crippen LogP contribution in [0.3, 0.4) is 0 Å². The number of rotatable bonds is 4. The van der Waals surface area contributed by atoms with E-state index in [0.29, 0.717) is 0 Å². The van der Waals surface area contributed by atoms with Crippen LogP contribution in [0.2, 0.25) is 0 Å². The maximum atomic E-state index is 5.79. The first-order chi connectivity index (χ1) is 11.4. The van der Waals surface area contributed by atoms with E-state index in [1.807, 2.05) is 0 Å². The van der Waals surface area contributed by atoms with Gasteiger partial charge in [-0.3, -0.25) is 0 Å². The highest BCUT2D eigenvalue weighted by atomic mass is 16.3. The molecule has 1 heteroatoms. The lowest BCUT2D eigenvalue weighted by molar-refractivity contribution is 0.517. The van der Waals surface area contributed by atoms with Crippen LogP contribution in [0.1, 0.15) is 22.5 Å². The zero-order chi connectivity index (χ0) is 15.5. The first-order valence-corrected chi connectivity index (χ1v) is 7.96. The Morgan fingerprint density at radius 2 is 1.39 bits per heavy atom. The predicted molar refractivity (Wildman–Crippen MR) is 94.7 cm³/mol. The van der Waals surface area contributed by atoms with Crippen molar-refractivity contribution in [1.82, 2.24) is 0 Å². The van der Waals surface area contributed by atoms with E-state index >= 15 is 0 Å². The third kappa shape index (κ3) is 2.91. The quantitative estimate of drug-likeness (QED) is 0.477. The first-order valence-electron chi connectivity index (χ1n) is 7.96. The summed E-state index contributed by atoms with van der Waals surface area (Å²) in [6, 6.07) is 27.6. The maximum absolute atomic E-state index is 5.79. The van der Waals surface area contributed by atoms with Gasteiger partial charge in [-0.25, -0.2) is 0 Å². The minimum Gasteiger partial charge on any atom is -0.469 e. The van der Waals surface area contributed by atoms with Gasteiger partial charge in [-0.05, 0) is 33.5 Å². The van der Waals surface area contributed by atoms with E-state index in [9.17, 15) is 0 Å². The van der Waals surface area contributed by atoms with Crippen molar-refractivity contribution in [3.05, 3.63) is 108 Å². The Bertz CT molecular complexity index is 914. The van der Waals surface area contributed by atoms with Gasteiger partial charge in [0.1, 0.15) is 5.76 Å². The Morgan fingerprint density at radius 3 is 2.30 bits per heavy atom. The average Bonchev–Trinajstić information content (AvgIpc) is 3.03. The van der Waals surface area contributed by atoms with Crippen molar-refractivity contribution < 1.29 is 4.42 Å². The zero-order valence-corrected chi connectivity index (χ0v) is 12.9. The molecule has 3 aromatic carbocycles. The molecule has 0 radical (unpaired) electrons. The second-order valence-electron chi connectivity index (χ2n) is 5.85. The molecule has 0 amide bonds. The van der Waals surface area contributed by atoms with Crippen LogP contribution in [-0.2, 0) is 12.8 Å². The van der Waals surface area contributed by atoms with E-state index in [-0.39, 0.29) is 0 Å². The van der Waals surface area contributed by atoms with Crippen LogP contribution >= 0.6 is 0 Å². The van der Waals surface area contributed by atoms with E-state index in [4.69, 9.17) is 4.42 Å². The molecule has 0 aliphatic rings. The molecular weight excluding hydrogens is 280 g/mol. The lowest BCUT2D eigenvalue weighted by Gasteiger charge is -2.07. The average molecular weight is 298 g/mol. The molecule has 4 rings (SSSR count). The molecule has 1 nitrogen and oxygen atoms in total. The maximum Gasteiger partial charge on any atom is 0.111 e. The molecule has 0 saturated carbocycles. The molecule has 1 aromatic heterocycles. The van der Waals surface area contributed by atoms with Crippen LogP contribution in [0.15, 0.2) is 89.5 Å². The fraction of sp³-hybridized carbons (Fsp3) is 0.0909. The van der Waals surface area contributed by atoms with Gasteiger partial charge in [0.15, 0.2) is 0 Å². The third-order valence-electron chi connectivity index (χ3n) is 4.31. The van der Waals surface area contributed by atoms with Crippen LogP contribution in [0.4, 0.5) is 0 Å². The van der Waals surface area contributed by atoms with Crippen molar-refractivity contribution in [3.63, 3.8) is 0 Å². The van der Waals surface area contributed by atoms with Gasteiger partial charge in [0.2, 0.25) is 0 Å². The summed E-state index contributed by atoms with van der Waals surface area (Å²) in [5.41, 5.74) is 3.89. The summed E-state index contributed by atoms with van der Waals surface area (Å²) >= 11 is 0. The largest absolute Gasteiger partial charge is 0.469 e. The molecule has 0 aliphatic heterocycles. The van der Waals surface area contributed by atoms with Crippen molar-refractivity contribution in [2.75, 3.05) is 0 Å². The highest BCUT2D eigenvalue weighted by molar-refractivity contribution is 5.85. The lowest BCUT2D eigenvalue weighted by atomic mass is 9.98. The van der Waals surface area contributed by atoms with E-state index < -0.39 is 0 Å². The molecule has 0 saturated heterocycles. The monoisotopic (exact) mass is 298 g/mol. The number of fused-ring (bicyclic) bond motifs is 1. The van der Waals surface area contributed by atoms with Gasteiger partial charge in [0.25, 0.3) is 0 Å². The van der Waals surface area contributed by atoms with Crippen molar-refractivity contribution in [2.24, 2.45) is 0 Å². The third-order valence-corrected chi connectivity index (χ3v) is 4.31. The fourth-order valence-corrected chi connectivity index (χ4v) is 3.12. The van der Waals surface area contributed by atoms with Crippen LogP contribution < -0.4 is 0 Å². The van der Waals surface area contributed by atoms with E-state index in [1.54, 1.807) is 6.26 Å². The second-order valence-corrected chi connectivity index (χ2v) is 5.85. The van der Waals surface area contributed by atoms with Crippen LogP contribution in [0.5, 0.6) is 0 Å². The van der Waals surface area contributed by atoms with E-state index in [1.165, 1.54) is 27.5 Å². The molecule has 112 valence electrons. The molecule has 0 bridgehead atoms. The summed E-state index contributed by atoms with van der Waals surface area (Å²) in [6.07, 6.45) is 3.55. The summed E-state index contributed by atoms with van der Waals surface area (Å²) in [5, 5.41) is 2.58. The van der Waals surface area contributed by atoms with Crippen molar-refractivity contribution in [1.29, 1.82) is 0 Å². The van der Waals surface area contributed by atoms with Gasteiger partial charge >= 0.3 is 0 Å². The van der Waals surface area contributed by atoms with E-state index in [0.717, 1.165) is 18.6 Å². The molecule has 0 spiro atoms. The Labute approximate surface area is 136 Å². The molecular formula is C22H18O. The molecule has 0 aliphatic carbocycles. The zero-order valence-electron chi connectivity index (χ0n) is 12.9. The van der Waals surface area contributed by atoms with Gasteiger partial charge < -0.3 is 4.42 Å². The summed E-state index contributed by atoms with van der Waals surface area (Å²) in [4.78, 5) is 0. The Balaban J connectivity index is 1.66. The minimum atomic E-state index is 0.830. The highest BCUT2D eigenvalue weighted by Gasteiger charge is 2.10. The predicted octanol–water partition coefficient (Wildman–Crippen LogP) is 5.61. The number of benzene rings is 3. The van der Waals surface area contributed by atoms with Gasteiger partial charge in [0, 0.05) is 12.8 Å². The fourth-order valence-electron chi connectivity index (χ4n) is 3.12. The standard InChI is InChI=1S/C22H18O/c1-2-7-17(8-3-1)15-20-13-14-23-22(20)16-19-11-6-10-18-9-4-5-12-21(18)19/h1-14H,15-16H2. The summed E-state index contributed by atoms with van der Waals surface area (Å²) in [6.45, 7) is 0. The Morgan fingerprint density at radius 1 is 0.609 bits per heavy atom. The van der Waals surface area contributed by atoms with Crippen molar-refractivity contribution in [2.45, 2.75) is 12.8 Å². The van der Waals surface area contributed by atoms with Crippen LogP contribution in [-0.4, -0.2) is 0 Å². The van der Waals surface area contributed by atoms with Gasteiger partial charge in [-0.1, -0.05) is 72.8 Å². The lowest BCUT2D eigenvalue weighted by Crippen LogP contribution is -1.94. The van der Waals surface area contributed by atoms with Crippen LogP contribution in [0, 0.1) is 0 Å². The summed E-state index contributed by atoms with van der Waals surface area (Å²) in [5.74, 6) is 1.06. The smallest absolute Gasteiger partial charge is 0.111 e. The molecule has 0 atom stereocenters. The van der Waals surface area contributed by atoms with Gasteiger partial charge in [0.05, 0.1) is 6.26 Å². The summed E-state index contributed by atoms with van der Waals surface area (Å²) < 4.78 is 5.79. The SMILES string of the molecule is c1ccc(Cc2ccoc2Cc2cccc3ccccc23)cc1.